The molecule has 0 N–H and O–H groups in total. The van der Waals surface area contributed by atoms with Gasteiger partial charge in [0.15, 0.2) is 5.82 Å². The van der Waals surface area contributed by atoms with Gasteiger partial charge in [-0.05, 0) is 56.5 Å². The Morgan fingerprint density at radius 1 is 0.929 bits per heavy atom. The molecular weight excluding hydrogens is 352 g/mol. The van der Waals surface area contributed by atoms with Crippen molar-refractivity contribution < 1.29 is 4.74 Å². The molecule has 1 saturated heterocycles. The van der Waals surface area contributed by atoms with Gasteiger partial charge in [-0.3, -0.25) is 0 Å². The molecular formula is C21H24N6O. The Bertz CT molecular complexity index is 964. The molecule has 7 nitrogen and oxygen atoms in total. The fourth-order valence-corrected chi connectivity index (χ4v) is 3.71. The van der Waals surface area contributed by atoms with Crippen molar-refractivity contribution in [3.8, 4) is 5.88 Å². The Hall–Kier alpha value is -2.96. The Labute approximate surface area is 164 Å². The van der Waals surface area contributed by atoms with Gasteiger partial charge < -0.3 is 14.5 Å². The highest BCUT2D eigenvalue weighted by atomic mass is 16.5. The average molecular weight is 376 g/mol. The highest BCUT2D eigenvalue weighted by Crippen LogP contribution is 2.31. The lowest BCUT2D eigenvalue weighted by Gasteiger charge is -2.36. The number of ether oxygens (including phenoxy) is 1. The number of hydrogen-bond donors (Lipinski definition) is 0. The molecule has 1 aliphatic heterocycles. The van der Waals surface area contributed by atoms with Gasteiger partial charge in [0.1, 0.15) is 12.4 Å². The summed E-state index contributed by atoms with van der Waals surface area (Å²) in [4.78, 5) is 13.5. The van der Waals surface area contributed by atoms with Crippen molar-refractivity contribution >= 4 is 22.4 Å². The molecule has 0 unspecified atom stereocenters. The molecule has 0 spiro atoms. The molecule has 2 aromatic heterocycles. The number of rotatable bonds is 4. The van der Waals surface area contributed by atoms with E-state index >= 15 is 0 Å². The minimum absolute atomic E-state index is 0.306. The number of fused-ring (bicyclic) bond motifs is 1. The molecule has 3 heterocycles. The predicted molar refractivity (Wildman–Crippen MR) is 109 cm³/mol. The molecule has 0 radical (unpaired) electrons. The fraction of sp³-hybridized carbons (Fsp3) is 0.429. The van der Waals surface area contributed by atoms with Crippen molar-refractivity contribution in [3.05, 3.63) is 42.4 Å². The van der Waals surface area contributed by atoms with E-state index in [1.807, 2.05) is 13.0 Å². The summed E-state index contributed by atoms with van der Waals surface area (Å²) in [6, 6.07) is 10.4. The number of piperazine rings is 1. The predicted octanol–water partition coefficient (Wildman–Crippen LogP) is 2.99. The molecule has 0 amide bonds. The number of nitrogens with zero attached hydrogens (tertiary/aromatic N) is 6. The molecule has 1 saturated carbocycles. The summed E-state index contributed by atoms with van der Waals surface area (Å²) >= 11 is 0. The van der Waals surface area contributed by atoms with Gasteiger partial charge in [-0.25, -0.2) is 9.97 Å². The normalized spacial score (nSPS) is 17.6. The quantitative estimate of drug-likeness (QED) is 0.693. The van der Waals surface area contributed by atoms with Crippen molar-refractivity contribution in [1.29, 1.82) is 0 Å². The van der Waals surface area contributed by atoms with Crippen LogP contribution in [0.5, 0.6) is 5.88 Å². The molecule has 2 aliphatic rings. The number of aromatic nitrogens is 4. The molecule has 7 heteroatoms. The lowest BCUT2D eigenvalue weighted by atomic mass is 9.96. The van der Waals surface area contributed by atoms with E-state index in [4.69, 9.17) is 4.74 Å². The van der Waals surface area contributed by atoms with Gasteiger partial charge in [-0.15, -0.1) is 5.10 Å². The van der Waals surface area contributed by atoms with Gasteiger partial charge in [0.2, 0.25) is 5.88 Å². The molecule has 0 atom stereocenters. The van der Waals surface area contributed by atoms with Gasteiger partial charge in [0.05, 0.1) is 16.6 Å². The summed E-state index contributed by atoms with van der Waals surface area (Å²) in [5, 5.41) is 9.49. The maximum atomic E-state index is 6.10. The zero-order valence-corrected chi connectivity index (χ0v) is 16.1. The van der Waals surface area contributed by atoms with Crippen molar-refractivity contribution in [2.24, 2.45) is 0 Å². The molecule has 1 aromatic carbocycles. The second-order valence-corrected chi connectivity index (χ2v) is 7.56. The molecule has 144 valence electrons. The van der Waals surface area contributed by atoms with Crippen LogP contribution in [0.25, 0.3) is 10.9 Å². The van der Waals surface area contributed by atoms with E-state index in [9.17, 15) is 0 Å². The highest BCUT2D eigenvalue weighted by molar-refractivity contribution is 5.86. The van der Waals surface area contributed by atoms with E-state index in [1.54, 1.807) is 6.33 Å². The van der Waals surface area contributed by atoms with Crippen LogP contribution in [0.2, 0.25) is 0 Å². The third kappa shape index (κ3) is 3.32. The molecule has 2 fully saturated rings. The number of anilines is 2. The van der Waals surface area contributed by atoms with Crippen LogP contribution in [0.4, 0.5) is 11.5 Å². The van der Waals surface area contributed by atoms with Crippen molar-refractivity contribution in [1.82, 2.24) is 20.2 Å². The third-order valence-electron chi connectivity index (χ3n) is 5.67. The SMILES string of the molecule is Cc1ccc(N2CCN(c3ccc4ncnc(OC5CCC5)c4c3)CC2)nn1. The van der Waals surface area contributed by atoms with Crippen LogP contribution >= 0.6 is 0 Å². The minimum Gasteiger partial charge on any atom is -0.474 e. The maximum Gasteiger partial charge on any atom is 0.224 e. The van der Waals surface area contributed by atoms with Crippen LogP contribution in [-0.2, 0) is 0 Å². The lowest BCUT2D eigenvalue weighted by molar-refractivity contribution is 0.116. The lowest BCUT2D eigenvalue weighted by Crippen LogP contribution is -2.46. The Kier molecular flexibility index (Phi) is 4.43. The maximum absolute atomic E-state index is 6.10. The average Bonchev–Trinajstić information content (AvgIpc) is 2.71. The second-order valence-electron chi connectivity index (χ2n) is 7.56. The van der Waals surface area contributed by atoms with E-state index < -0.39 is 0 Å². The minimum atomic E-state index is 0.306. The van der Waals surface area contributed by atoms with Crippen LogP contribution < -0.4 is 14.5 Å². The van der Waals surface area contributed by atoms with Crippen LogP contribution in [0.1, 0.15) is 25.0 Å². The first-order valence-electron chi connectivity index (χ1n) is 9.98. The zero-order valence-electron chi connectivity index (χ0n) is 16.1. The monoisotopic (exact) mass is 376 g/mol. The van der Waals surface area contributed by atoms with Crippen LogP contribution in [-0.4, -0.2) is 52.4 Å². The van der Waals surface area contributed by atoms with Gasteiger partial charge >= 0.3 is 0 Å². The zero-order chi connectivity index (χ0) is 18.9. The number of benzene rings is 1. The summed E-state index contributed by atoms with van der Waals surface area (Å²) in [5.74, 6) is 1.67. The standard InChI is InChI=1S/C21H24N6O/c1-15-5-8-20(25-24-15)27-11-9-26(10-12-27)16-6-7-19-18(13-16)21(23-14-22-19)28-17-3-2-4-17/h5-8,13-14,17H,2-4,9-12H2,1H3. The molecule has 1 aliphatic carbocycles. The smallest absolute Gasteiger partial charge is 0.224 e. The van der Waals surface area contributed by atoms with E-state index in [-0.39, 0.29) is 0 Å². The van der Waals surface area contributed by atoms with E-state index in [0.29, 0.717) is 12.0 Å². The first-order chi connectivity index (χ1) is 13.8. The number of aryl methyl sites for hydroxylation is 1. The van der Waals surface area contributed by atoms with Crippen molar-refractivity contribution in [2.75, 3.05) is 36.0 Å². The van der Waals surface area contributed by atoms with Gasteiger partial charge in [-0.2, -0.15) is 5.10 Å². The molecule has 28 heavy (non-hydrogen) atoms. The van der Waals surface area contributed by atoms with Gasteiger partial charge in [-0.1, -0.05) is 0 Å². The Morgan fingerprint density at radius 3 is 2.46 bits per heavy atom. The van der Waals surface area contributed by atoms with Crippen LogP contribution in [0, 0.1) is 6.92 Å². The first-order valence-corrected chi connectivity index (χ1v) is 9.98. The Morgan fingerprint density at radius 2 is 1.75 bits per heavy atom. The van der Waals surface area contributed by atoms with Crippen LogP contribution in [0.3, 0.4) is 0 Å². The molecule has 3 aromatic rings. The highest BCUT2D eigenvalue weighted by Gasteiger charge is 2.22. The van der Waals surface area contributed by atoms with Crippen molar-refractivity contribution in [3.63, 3.8) is 0 Å². The summed E-state index contributed by atoms with van der Waals surface area (Å²) < 4.78 is 6.10. The van der Waals surface area contributed by atoms with Crippen molar-refractivity contribution in [2.45, 2.75) is 32.3 Å². The Balaban J connectivity index is 1.33. The topological polar surface area (TPSA) is 67.3 Å². The molecule has 5 rings (SSSR count). The fourth-order valence-electron chi connectivity index (χ4n) is 3.71. The second kappa shape index (κ2) is 7.22. The summed E-state index contributed by atoms with van der Waals surface area (Å²) in [5.41, 5.74) is 3.07. The molecule has 0 bridgehead atoms. The largest absolute Gasteiger partial charge is 0.474 e. The first kappa shape index (κ1) is 17.2. The summed E-state index contributed by atoms with van der Waals surface area (Å²) in [6.45, 7) is 5.68. The van der Waals surface area contributed by atoms with Gasteiger partial charge in [0, 0.05) is 31.9 Å². The van der Waals surface area contributed by atoms with E-state index in [0.717, 1.165) is 61.4 Å². The van der Waals surface area contributed by atoms with E-state index in [1.165, 1.54) is 12.1 Å². The summed E-state index contributed by atoms with van der Waals surface area (Å²) in [6.07, 6.45) is 5.39. The van der Waals surface area contributed by atoms with Gasteiger partial charge in [0.25, 0.3) is 0 Å². The number of hydrogen-bond acceptors (Lipinski definition) is 7. The third-order valence-corrected chi connectivity index (χ3v) is 5.67. The summed E-state index contributed by atoms with van der Waals surface area (Å²) in [7, 11) is 0. The van der Waals surface area contributed by atoms with E-state index in [2.05, 4.69) is 54.2 Å². The van der Waals surface area contributed by atoms with Crippen LogP contribution in [0.15, 0.2) is 36.7 Å².